The molecule has 104 valence electrons. The third-order valence-corrected chi connectivity index (χ3v) is 3.70. The van der Waals surface area contributed by atoms with Crippen LogP contribution in [0.25, 0.3) is 16.9 Å². The molecule has 20 heavy (non-hydrogen) atoms. The molecule has 0 atom stereocenters. The molecule has 0 aliphatic rings. The molecule has 0 aliphatic carbocycles. The van der Waals surface area contributed by atoms with Crippen molar-refractivity contribution >= 4 is 22.8 Å². The first kappa shape index (κ1) is 13.2. The average Bonchev–Trinajstić information content (AvgIpc) is 2.96. The van der Waals surface area contributed by atoms with Crippen LogP contribution in [0.15, 0.2) is 24.3 Å². The Bertz CT molecular complexity index is 770. The highest BCUT2D eigenvalue weighted by Crippen LogP contribution is 2.25. The maximum Gasteiger partial charge on any atom is 0.163 e. The zero-order valence-corrected chi connectivity index (χ0v) is 12.6. The summed E-state index contributed by atoms with van der Waals surface area (Å²) in [4.78, 5) is 4.65. The van der Waals surface area contributed by atoms with Gasteiger partial charge in [-0.15, -0.1) is 11.6 Å². The molecule has 0 unspecified atom stereocenters. The van der Waals surface area contributed by atoms with E-state index in [2.05, 4.69) is 46.7 Å². The summed E-state index contributed by atoms with van der Waals surface area (Å²) in [5.41, 5.74) is 5.19. The van der Waals surface area contributed by atoms with Crippen LogP contribution >= 0.6 is 11.6 Å². The molecule has 3 aromatic rings. The van der Waals surface area contributed by atoms with Crippen molar-refractivity contribution in [1.29, 1.82) is 0 Å². The van der Waals surface area contributed by atoms with E-state index in [-0.39, 0.29) is 0 Å². The van der Waals surface area contributed by atoms with Crippen molar-refractivity contribution in [3.8, 4) is 5.69 Å². The number of imidazole rings is 1. The number of hydrogen-bond donors (Lipinski definition) is 0. The molecule has 0 saturated carbocycles. The molecule has 0 spiro atoms. The molecule has 0 aliphatic heterocycles. The normalized spacial score (nSPS) is 11.4. The van der Waals surface area contributed by atoms with Crippen molar-refractivity contribution in [1.82, 2.24) is 19.3 Å². The second-order valence-corrected chi connectivity index (χ2v) is 5.18. The summed E-state index contributed by atoms with van der Waals surface area (Å²) in [5.74, 6) is 1.24. The van der Waals surface area contributed by atoms with Crippen molar-refractivity contribution in [2.45, 2.75) is 33.2 Å². The lowest BCUT2D eigenvalue weighted by Gasteiger charge is -2.09. The first-order valence-corrected chi connectivity index (χ1v) is 7.27. The van der Waals surface area contributed by atoms with Gasteiger partial charge >= 0.3 is 0 Å². The average molecular weight is 289 g/mol. The van der Waals surface area contributed by atoms with Crippen LogP contribution in [0.5, 0.6) is 0 Å². The molecule has 0 N–H and O–H groups in total. The number of aryl methyl sites for hydroxylation is 3. The van der Waals surface area contributed by atoms with Crippen LogP contribution < -0.4 is 0 Å². The predicted molar refractivity (Wildman–Crippen MR) is 81.6 cm³/mol. The number of benzene rings is 1. The Hall–Kier alpha value is -1.81. The lowest BCUT2D eigenvalue weighted by Crippen LogP contribution is -2.06. The van der Waals surface area contributed by atoms with Crippen molar-refractivity contribution in [2.75, 3.05) is 0 Å². The predicted octanol–water partition coefficient (Wildman–Crippen LogP) is 3.60. The van der Waals surface area contributed by atoms with Gasteiger partial charge in [0.15, 0.2) is 5.65 Å². The minimum atomic E-state index is 0.381. The monoisotopic (exact) mass is 288 g/mol. The highest BCUT2D eigenvalue weighted by molar-refractivity contribution is 6.17. The fraction of sp³-hybridized carbons (Fsp3) is 0.333. The highest BCUT2D eigenvalue weighted by atomic mass is 35.5. The molecule has 2 aromatic heterocycles. The van der Waals surface area contributed by atoms with E-state index in [1.54, 1.807) is 0 Å². The molecule has 3 rings (SSSR count). The van der Waals surface area contributed by atoms with Crippen LogP contribution in [-0.4, -0.2) is 19.3 Å². The van der Waals surface area contributed by atoms with E-state index in [1.165, 1.54) is 5.56 Å². The zero-order chi connectivity index (χ0) is 14.3. The number of fused-ring (bicyclic) bond motifs is 1. The van der Waals surface area contributed by atoms with E-state index in [0.29, 0.717) is 5.88 Å². The minimum Gasteiger partial charge on any atom is -0.280 e. The van der Waals surface area contributed by atoms with E-state index in [9.17, 15) is 0 Å². The number of nitrogens with zero attached hydrogens (tertiary/aromatic N) is 4. The van der Waals surface area contributed by atoms with Crippen LogP contribution in [0.1, 0.15) is 24.0 Å². The topological polar surface area (TPSA) is 35.6 Å². The van der Waals surface area contributed by atoms with Gasteiger partial charge in [0, 0.05) is 12.2 Å². The maximum absolute atomic E-state index is 6.09. The standard InChI is InChI=1S/C15H17ClN4/c1-4-19-15-14(11(3)18-19)17-13(9-16)20(15)12-7-5-6-10(2)8-12/h5-8H,4,9H2,1-3H3. The summed E-state index contributed by atoms with van der Waals surface area (Å²) < 4.78 is 4.09. The lowest BCUT2D eigenvalue weighted by atomic mass is 10.2. The number of aromatic nitrogens is 4. The van der Waals surface area contributed by atoms with Crippen LogP contribution in [-0.2, 0) is 12.4 Å². The van der Waals surface area contributed by atoms with E-state index in [4.69, 9.17) is 11.6 Å². The smallest absolute Gasteiger partial charge is 0.163 e. The molecular weight excluding hydrogens is 272 g/mol. The third kappa shape index (κ3) is 1.91. The van der Waals surface area contributed by atoms with E-state index < -0.39 is 0 Å². The Kier molecular flexibility index (Phi) is 3.26. The van der Waals surface area contributed by atoms with Crippen LogP contribution in [0.3, 0.4) is 0 Å². The molecule has 5 heteroatoms. The number of hydrogen-bond acceptors (Lipinski definition) is 2. The Morgan fingerprint density at radius 1 is 1.25 bits per heavy atom. The van der Waals surface area contributed by atoms with E-state index in [0.717, 1.165) is 34.9 Å². The summed E-state index contributed by atoms with van der Waals surface area (Å²) in [5, 5.41) is 4.54. The summed E-state index contributed by atoms with van der Waals surface area (Å²) >= 11 is 6.09. The van der Waals surface area contributed by atoms with E-state index >= 15 is 0 Å². The molecule has 1 aromatic carbocycles. The zero-order valence-electron chi connectivity index (χ0n) is 11.9. The summed E-state index contributed by atoms with van der Waals surface area (Å²) in [6.45, 7) is 6.96. The Labute approximate surface area is 123 Å². The van der Waals surface area contributed by atoms with Gasteiger partial charge in [0.25, 0.3) is 0 Å². The van der Waals surface area contributed by atoms with Gasteiger partial charge in [-0.2, -0.15) is 5.10 Å². The molecule has 4 nitrogen and oxygen atoms in total. The third-order valence-electron chi connectivity index (χ3n) is 3.46. The SMILES string of the molecule is CCn1nc(C)c2nc(CCl)n(-c3cccc(C)c3)c21. The van der Waals surface area contributed by atoms with Crippen LogP contribution in [0.4, 0.5) is 0 Å². The summed E-state index contributed by atoms with van der Waals surface area (Å²) in [7, 11) is 0. The molecule has 0 radical (unpaired) electrons. The van der Waals surface area contributed by atoms with Gasteiger partial charge in [-0.25, -0.2) is 9.67 Å². The fourth-order valence-corrected chi connectivity index (χ4v) is 2.74. The fourth-order valence-electron chi connectivity index (χ4n) is 2.56. The van der Waals surface area contributed by atoms with Gasteiger partial charge in [0.05, 0.1) is 11.6 Å². The van der Waals surface area contributed by atoms with Crippen LogP contribution in [0.2, 0.25) is 0 Å². The number of halogens is 1. The second-order valence-electron chi connectivity index (χ2n) is 4.91. The van der Waals surface area contributed by atoms with Gasteiger partial charge in [0.1, 0.15) is 11.3 Å². The summed E-state index contributed by atoms with van der Waals surface area (Å²) in [6, 6.07) is 8.35. The van der Waals surface area contributed by atoms with Crippen molar-refractivity contribution in [2.24, 2.45) is 0 Å². The Balaban J connectivity index is 2.37. The van der Waals surface area contributed by atoms with Gasteiger partial charge in [-0.1, -0.05) is 12.1 Å². The second kappa shape index (κ2) is 4.94. The molecular formula is C15H17ClN4. The largest absolute Gasteiger partial charge is 0.280 e. The summed E-state index contributed by atoms with van der Waals surface area (Å²) in [6.07, 6.45) is 0. The number of rotatable bonds is 3. The van der Waals surface area contributed by atoms with Crippen molar-refractivity contribution in [3.05, 3.63) is 41.3 Å². The van der Waals surface area contributed by atoms with Crippen LogP contribution in [0, 0.1) is 13.8 Å². The molecule has 0 amide bonds. The van der Waals surface area contributed by atoms with Gasteiger partial charge in [-0.3, -0.25) is 4.57 Å². The first-order chi connectivity index (χ1) is 9.65. The Morgan fingerprint density at radius 2 is 2.05 bits per heavy atom. The van der Waals surface area contributed by atoms with Gasteiger partial charge in [0.2, 0.25) is 0 Å². The molecule has 0 fully saturated rings. The number of alkyl halides is 1. The molecule has 0 saturated heterocycles. The maximum atomic E-state index is 6.09. The van der Waals surface area contributed by atoms with E-state index in [1.807, 2.05) is 17.7 Å². The van der Waals surface area contributed by atoms with Gasteiger partial charge < -0.3 is 0 Å². The highest BCUT2D eigenvalue weighted by Gasteiger charge is 2.18. The minimum absolute atomic E-state index is 0.381. The molecule has 0 bridgehead atoms. The van der Waals surface area contributed by atoms with Gasteiger partial charge in [-0.05, 0) is 38.5 Å². The van der Waals surface area contributed by atoms with Crippen molar-refractivity contribution < 1.29 is 0 Å². The molecule has 2 heterocycles. The first-order valence-electron chi connectivity index (χ1n) is 6.73. The lowest BCUT2D eigenvalue weighted by molar-refractivity contribution is 0.660. The van der Waals surface area contributed by atoms with Crippen molar-refractivity contribution in [3.63, 3.8) is 0 Å². The Morgan fingerprint density at radius 3 is 2.70 bits per heavy atom. The quantitative estimate of drug-likeness (QED) is 0.690.